The van der Waals surface area contributed by atoms with Gasteiger partial charge in [0, 0.05) is 30.3 Å². The summed E-state index contributed by atoms with van der Waals surface area (Å²) < 4.78 is 72.3. The van der Waals surface area contributed by atoms with Gasteiger partial charge in [0.15, 0.2) is 5.13 Å². The maximum atomic E-state index is 14.9. The van der Waals surface area contributed by atoms with Crippen molar-refractivity contribution >= 4 is 34.1 Å². The smallest absolute Gasteiger partial charge is 0.428 e. The van der Waals surface area contributed by atoms with E-state index in [0.717, 1.165) is 29.0 Å². The Morgan fingerprint density at radius 2 is 1.85 bits per heavy atom. The zero-order valence-corrected chi connectivity index (χ0v) is 21.7. The lowest BCUT2D eigenvalue weighted by Crippen LogP contribution is -2.50. The number of thiazole rings is 1. The van der Waals surface area contributed by atoms with Gasteiger partial charge in [0.05, 0.1) is 10.7 Å². The van der Waals surface area contributed by atoms with Crippen LogP contribution in [0.4, 0.5) is 31.9 Å². The van der Waals surface area contributed by atoms with E-state index >= 15 is 0 Å². The Morgan fingerprint density at radius 1 is 1.10 bits per heavy atom. The summed E-state index contributed by atoms with van der Waals surface area (Å²) in [6.45, 7) is 1.87. The Morgan fingerprint density at radius 3 is 2.46 bits per heavy atom. The fourth-order valence-corrected chi connectivity index (χ4v) is 4.47. The molecule has 0 aliphatic carbocycles. The third-order valence-electron chi connectivity index (χ3n) is 5.61. The molecule has 0 saturated heterocycles. The van der Waals surface area contributed by atoms with Crippen LogP contribution in [0.25, 0.3) is 0 Å². The Hall–Kier alpha value is -3.77. The van der Waals surface area contributed by atoms with Gasteiger partial charge in [0.2, 0.25) is 0 Å². The highest BCUT2D eigenvalue weighted by atomic mass is 35.5. The van der Waals surface area contributed by atoms with Crippen molar-refractivity contribution in [2.45, 2.75) is 31.4 Å². The number of aryl methyl sites for hydroxylation is 1. The molecule has 39 heavy (non-hydrogen) atoms. The number of hydrogen-bond acceptors (Lipinski definition) is 5. The number of halogens is 6. The molecule has 2 aromatic carbocycles. The third kappa shape index (κ3) is 6.82. The molecule has 204 valence electrons. The maximum Gasteiger partial charge on any atom is 0.461 e. The molecular weight excluding hydrogens is 563 g/mol. The van der Waals surface area contributed by atoms with Crippen molar-refractivity contribution in [3.05, 3.63) is 106 Å². The number of carbonyl (C=O) groups is 1. The highest BCUT2D eigenvalue weighted by Gasteiger charge is 2.45. The standard InChI is InChI=1S/C26H20ClF5N4O2S/c1-15-2-4-16(5-3-15)13-25(21-7-6-18(27)14-34-21,36-23(37)35-24-33-8-9-39-24)17-10-19(28)12-20(11-17)38-26(31,32)22(29)30/h2-12,14,22H,13H2,1H3,(H2,33,35,36,37)/t25-/m0/s1. The van der Waals surface area contributed by atoms with Gasteiger partial charge >= 0.3 is 18.6 Å². The van der Waals surface area contributed by atoms with Gasteiger partial charge in [-0.15, -0.1) is 11.3 Å². The van der Waals surface area contributed by atoms with E-state index in [-0.39, 0.29) is 27.8 Å². The van der Waals surface area contributed by atoms with Crippen molar-refractivity contribution in [3.63, 3.8) is 0 Å². The van der Waals surface area contributed by atoms with E-state index in [2.05, 4.69) is 25.3 Å². The number of amides is 2. The first-order chi connectivity index (χ1) is 18.5. The lowest BCUT2D eigenvalue weighted by Gasteiger charge is -2.35. The van der Waals surface area contributed by atoms with Gasteiger partial charge in [0.1, 0.15) is 17.1 Å². The minimum Gasteiger partial charge on any atom is -0.428 e. The summed E-state index contributed by atoms with van der Waals surface area (Å²) in [5.41, 5.74) is -0.0801. The molecule has 2 N–H and O–H groups in total. The normalized spacial score (nSPS) is 13.1. The number of ether oxygens (including phenoxy) is 1. The first kappa shape index (κ1) is 28.2. The van der Waals surface area contributed by atoms with E-state index in [4.69, 9.17) is 11.6 Å². The zero-order chi connectivity index (χ0) is 28.2. The number of urea groups is 1. The molecule has 2 heterocycles. The summed E-state index contributed by atoms with van der Waals surface area (Å²) in [5.74, 6) is -1.95. The maximum absolute atomic E-state index is 14.9. The van der Waals surface area contributed by atoms with E-state index in [1.54, 1.807) is 17.5 Å². The summed E-state index contributed by atoms with van der Waals surface area (Å²) in [6.07, 6.45) is -6.34. The second-order valence-electron chi connectivity index (χ2n) is 8.49. The molecule has 0 aliphatic rings. The first-order valence-corrected chi connectivity index (χ1v) is 12.5. The molecule has 0 bridgehead atoms. The quantitative estimate of drug-likeness (QED) is 0.205. The number of nitrogens with one attached hydrogen (secondary N) is 2. The predicted octanol–water partition coefficient (Wildman–Crippen LogP) is 7.18. The first-order valence-electron chi connectivity index (χ1n) is 11.3. The number of pyridine rings is 1. The van der Waals surface area contributed by atoms with Crippen molar-refractivity contribution in [3.8, 4) is 5.75 Å². The molecule has 13 heteroatoms. The van der Waals surface area contributed by atoms with Gasteiger partial charge in [-0.05, 0) is 42.3 Å². The fourth-order valence-electron chi connectivity index (χ4n) is 3.84. The molecule has 0 radical (unpaired) electrons. The molecule has 6 nitrogen and oxygen atoms in total. The number of alkyl halides is 4. The summed E-state index contributed by atoms with van der Waals surface area (Å²) in [6, 6.07) is 11.8. The van der Waals surface area contributed by atoms with Crippen LogP contribution >= 0.6 is 22.9 Å². The highest BCUT2D eigenvalue weighted by Crippen LogP contribution is 2.37. The van der Waals surface area contributed by atoms with Crippen LogP contribution in [0.5, 0.6) is 5.75 Å². The van der Waals surface area contributed by atoms with Crippen molar-refractivity contribution in [2.24, 2.45) is 0 Å². The van der Waals surface area contributed by atoms with Crippen LogP contribution in [0.3, 0.4) is 0 Å². The topological polar surface area (TPSA) is 76.1 Å². The van der Waals surface area contributed by atoms with Crippen molar-refractivity contribution in [2.75, 3.05) is 5.32 Å². The average Bonchev–Trinajstić information content (AvgIpc) is 3.37. The van der Waals surface area contributed by atoms with E-state index < -0.39 is 35.7 Å². The fraction of sp³-hybridized carbons (Fsp3) is 0.192. The lowest BCUT2D eigenvalue weighted by molar-refractivity contribution is -0.253. The van der Waals surface area contributed by atoms with E-state index in [1.165, 1.54) is 24.5 Å². The zero-order valence-electron chi connectivity index (χ0n) is 20.1. The average molecular weight is 583 g/mol. The molecule has 2 aromatic heterocycles. The number of nitrogens with zero attached hydrogens (tertiary/aromatic N) is 2. The van der Waals surface area contributed by atoms with Crippen LogP contribution in [-0.2, 0) is 12.0 Å². The van der Waals surface area contributed by atoms with Crippen LogP contribution < -0.4 is 15.4 Å². The molecule has 2 amide bonds. The molecule has 4 aromatic rings. The van der Waals surface area contributed by atoms with Crippen LogP contribution in [-0.4, -0.2) is 28.5 Å². The molecule has 0 spiro atoms. The molecule has 0 aliphatic heterocycles. The van der Waals surface area contributed by atoms with Crippen molar-refractivity contribution in [1.82, 2.24) is 15.3 Å². The van der Waals surface area contributed by atoms with Gasteiger partial charge in [-0.25, -0.2) is 14.2 Å². The van der Waals surface area contributed by atoms with Gasteiger partial charge in [0.25, 0.3) is 0 Å². The van der Waals surface area contributed by atoms with E-state index in [9.17, 15) is 26.7 Å². The highest BCUT2D eigenvalue weighted by molar-refractivity contribution is 7.13. The summed E-state index contributed by atoms with van der Waals surface area (Å²) in [7, 11) is 0. The minimum absolute atomic E-state index is 0.0542. The van der Waals surface area contributed by atoms with Crippen LogP contribution in [0.2, 0.25) is 5.02 Å². The summed E-state index contributed by atoms with van der Waals surface area (Å²) in [4.78, 5) is 21.6. The second kappa shape index (κ2) is 11.5. The number of carbonyl (C=O) groups excluding carboxylic acids is 1. The molecule has 1 atom stereocenters. The Kier molecular flexibility index (Phi) is 8.36. The summed E-state index contributed by atoms with van der Waals surface area (Å²) >= 11 is 7.18. The third-order valence-corrected chi connectivity index (χ3v) is 6.52. The van der Waals surface area contributed by atoms with Crippen LogP contribution in [0.1, 0.15) is 22.4 Å². The molecular formula is C26H20ClF5N4O2S. The molecule has 4 rings (SSSR count). The lowest BCUT2D eigenvalue weighted by atomic mass is 9.80. The summed E-state index contributed by atoms with van der Waals surface area (Å²) in [5, 5.41) is 7.49. The van der Waals surface area contributed by atoms with Crippen molar-refractivity contribution in [1.29, 1.82) is 0 Å². The van der Waals surface area contributed by atoms with Gasteiger partial charge < -0.3 is 10.1 Å². The van der Waals surface area contributed by atoms with E-state index in [1.807, 2.05) is 19.1 Å². The van der Waals surface area contributed by atoms with Gasteiger partial charge in [-0.2, -0.15) is 17.6 Å². The predicted molar refractivity (Wildman–Crippen MR) is 137 cm³/mol. The number of aromatic nitrogens is 2. The van der Waals surface area contributed by atoms with Gasteiger partial charge in [-0.3, -0.25) is 10.3 Å². The van der Waals surface area contributed by atoms with E-state index in [0.29, 0.717) is 11.6 Å². The van der Waals surface area contributed by atoms with Crippen molar-refractivity contribution < 1.29 is 31.5 Å². The minimum atomic E-state index is -4.89. The number of rotatable bonds is 9. The largest absolute Gasteiger partial charge is 0.461 e. The monoisotopic (exact) mass is 582 g/mol. The van der Waals surface area contributed by atoms with Gasteiger partial charge in [-0.1, -0.05) is 41.4 Å². The Balaban J connectivity index is 1.90. The SMILES string of the molecule is Cc1ccc(C[C@](NC(=O)Nc2nccs2)(c2cc(F)cc(OC(F)(F)C(F)F)c2)c2ccc(Cl)cn2)cc1. The Labute approximate surface area is 228 Å². The molecule has 0 fully saturated rings. The molecule has 0 saturated carbocycles. The Bertz CT molecular complexity index is 1420. The number of anilines is 1. The number of benzene rings is 2. The number of hydrogen-bond donors (Lipinski definition) is 2. The van der Waals surface area contributed by atoms with Crippen LogP contribution in [0, 0.1) is 12.7 Å². The molecule has 0 unspecified atom stereocenters. The van der Waals surface area contributed by atoms with Crippen LogP contribution in [0.15, 0.2) is 72.4 Å². The second-order valence-corrected chi connectivity index (χ2v) is 9.82.